The van der Waals surface area contributed by atoms with Gasteiger partial charge in [0, 0.05) is 9.79 Å². The summed E-state index contributed by atoms with van der Waals surface area (Å²) in [6.07, 6.45) is -4.71. The molecule has 4 nitrogen and oxygen atoms in total. The van der Waals surface area contributed by atoms with E-state index in [0.29, 0.717) is 23.9 Å². The minimum absolute atomic E-state index is 0.00570. The molecule has 24 heavy (non-hydrogen) atoms. The number of carboxylic acid groups (broad SMARTS) is 2. The van der Waals surface area contributed by atoms with E-state index in [-0.39, 0.29) is 9.79 Å². The number of aromatic carboxylic acids is 2. The average molecular weight is 360 g/mol. The number of hydrogen-bond acceptors (Lipinski definition) is 3. The molecule has 0 radical (unpaired) electrons. The summed E-state index contributed by atoms with van der Waals surface area (Å²) in [5.41, 5.74) is -2.19. The lowest BCUT2D eigenvalue weighted by atomic mass is 10.1. The summed E-state index contributed by atoms with van der Waals surface area (Å²) in [6, 6.07) is 4.93. The lowest BCUT2D eigenvalue weighted by Crippen LogP contribution is -2.08. The molecule has 126 valence electrons. The molecule has 0 unspecified atom stereocenters. The summed E-state index contributed by atoms with van der Waals surface area (Å²) in [5.74, 6) is -3.84. The number of benzene rings is 2. The van der Waals surface area contributed by atoms with Crippen LogP contribution in [0.4, 0.5) is 17.6 Å². The molecule has 9 heteroatoms. The van der Waals surface area contributed by atoms with Crippen LogP contribution in [0.25, 0.3) is 0 Å². The van der Waals surface area contributed by atoms with E-state index in [0.717, 1.165) is 24.3 Å². The molecule has 2 aromatic carbocycles. The van der Waals surface area contributed by atoms with E-state index in [9.17, 15) is 27.2 Å². The fourth-order valence-electron chi connectivity index (χ4n) is 1.84. The SMILES string of the molecule is O=C(O)c1cc(F)ccc1Sc1ccc(C(F)(F)F)cc1C(=O)O. The van der Waals surface area contributed by atoms with Gasteiger partial charge in [0.1, 0.15) is 5.82 Å². The molecule has 0 aliphatic rings. The Morgan fingerprint density at radius 3 is 1.88 bits per heavy atom. The number of halogens is 4. The van der Waals surface area contributed by atoms with E-state index in [4.69, 9.17) is 10.2 Å². The highest BCUT2D eigenvalue weighted by atomic mass is 32.2. The van der Waals surface area contributed by atoms with Gasteiger partial charge in [0.25, 0.3) is 0 Å². The molecule has 0 aliphatic heterocycles. The topological polar surface area (TPSA) is 74.6 Å². The van der Waals surface area contributed by atoms with Crippen LogP contribution in [0.15, 0.2) is 46.2 Å². The Kier molecular flexibility index (Phi) is 4.83. The van der Waals surface area contributed by atoms with Crippen molar-refractivity contribution in [1.82, 2.24) is 0 Å². The highest BCUT2D eigenvalue weighted by Crippen LogP contribution is 2.37. The van der Waals surface area contributed by atoms with Crippen LogP contribution in [-0.2, 0) is 6.18 Å². The van der Waals surface area contributed by atoms with Crippen LogP contribution in [0.2, 0.25) is 0 Å². The van der Waals surface area contributed by atoms with E-state index < -0.39 is 40.6 Å². The number of carbonyl (C=O) groups is 2. The van der Waals surface area contributed by atoms with Gasteiger partial charge in [-0.25, -0.2) is 14.0 Å². The standard InChI is InChI=1S/C15H8F4O4S/c16-8-2-4-12(10(6-8)14(22)23)24-11-3-1-7(15(17,18)19)5-9(11)13(20)21/h1-6H,(H,20,21)(H,22,23). The smallest absolute Gasteiger partial charge is 0.416 e. The van der Waals surface area contributed by atoms with E-state index in [1.165, 1.54) is 0 Å². The Labute approximate surface area is 136 Å². The van der Waals surface area contributed by atoms with Crippen LogP contribution in [0.1, 0.15) is 26.3 Å². The van der Waals surface area contributed by atoms with Gasteiger partial charge in [-0.3, -0.25) is 0 Å². The van der Waals surface area contributed by atoms with Gasteiger partial charge in [0.2, 0.25) is 0 Å². The van der Waals surface area contributed by atoms with Gasteiger partial charge >= 0.3 is 18.1 Å². The molecule has 0 saturated heterocycles. The van der Waals surface area contributed by atoms with Crippen LogP contribution in [0.3, 0.4) is 0 Å². The monoisotopic (exact) mass is 360 g/mol. The van der Waals surface area contributed by atoms with Gasteiger partial charge in [-0.15, -0.1) is 0 Å². The van der Waals surface area contributed by atoms with Crippen molar-refractivity contribution < 1.29 is 37.4 Å². The van der Waals surface area contributed by atoms with Crippen molar-refractivity contribution in [3.05, 3.63) is 58.9 Å². The third kappa shape index (κ3) is 3.85. The molecule has 0 spiro atoms. The molecule has 0 atom stereocenters. The van der Waals surface area contributed by atoms with Crippen LogP contribution in [0, 0.1) is 5.82 Å². The fraction of sp³-hybridized carbons (Fsp3) is 0.0667. The Hall–Kier alpha value is -2.55. The molecule has 2 aromatic rings. The molecule has 0 aliphatic carbocycles. The van der Waals surface area contributed by atoms with Crippen molar-refractivity contribution in [3.8, 4) is 0 Å². The van der Waals surface area contributed by atoms with Gasteiger partial charge in [0.05, 0.1) is 16.7 Å². The summed E-state index contributed by atoms with van der Waals surface area (Å²) >= 11 is 0.630. The zero-order valence-electron chi connectivity index (χ0n) is 11.6. The predicted molar refractivity (Wildman–Crippen MR) is 75.9 cm³/mol. The molecule has 2 N–H and O–H groups in total. The highest BCUT2D eigenvalue weighted by Gasteiger charge is 2.32. The lowest BCUT2D eigenvalue weighted by Gasteiger charge is -2.12. The molecule has 0 amide bonds. The van der Waals surface area contributed by atoms with Crippen molar-refractivity contribution in [2.45, 2.75) is 16.0 Å². The molecule has 0 fully saturated rings. The van der Waals surface area contributed by atoms with Gasteiger partial charge in [-0.1, -0.05) is 11.8 Å². The largest absolute Gasteiger partial charge is 0.478 e. The predicted octanol–water partition coefficient (Wildman–Crippen LogP) is 4.39. The van der Waals surface area contributed by atoms with Crippen molar-refractivity contribution in [1.29, 1.82) is 0 Å². The van der Waals surface area contributed by atoms with Gasteiger partial charge < -0.3 is 10.2 Å². The Morgan fingerprint density at radius 1 is 0.875 bits per heavy atom. The molecule has 2 rings (SSSR count). The quantitative estimate of drug-likeness (QED) is 0.791. The average Bonchev–Trinajstić information content (AvgIpc) is 2.47. The first-order valence-electron chi connectivity index (χ1n) is 6.25. The molecule has 0 aromatic heterocycles. The molecular weight excluding hydrogens is 352 g/mol. The van der Waals surface area contributed by atoms with Gasteiger partial charge in [0.15, 0.2) is 0 Å². The molecule has 0 heterocycles. The highest BCUT2D eigenvalue weighted by molar-refractivity contribution is 7.99. The van der Waals surface area contributed by atoms with Crippen molar-refractivity contribution in [2.24, 2.45) is 0 Å². The molecular formula is C15H8F4O4S. The first-order valence-corrected chi connectivity index (χ1v) is 7.06. The van der Waals surface area contributed by atoms with Crippen molar-refractivity contribution in [2.75, 3.05) is 0 Å². The van der Waals surface area contributed by atoms with E-state index in [1.807, 2.05) is 0 Å². The number of carboxylic acids is 2. The van der Waals surface area contributed by atoms with E-state index in [1.54, 1.807) is 0 Å². The summed E-state index contributed by atoms with van der Waals surface area (Å²) in [4.78, 5) is 22.2. The first-order chi connectivity index (χ1) is 11.1. The summed E-state index contributed by atoms with van der Waals surface area (Å²) in [6.45, 7) is 0. The first kappa shape index (κ1) is 17.8. The van der Waals surface area contributed by atoms with Gasteiger partial charge in [-0.2, -0.15) is 13.2 Å². The Morgan fingerprint density at radius 2 is 1.38 bits per heavy atom. The Balaban J connectivity index is 2.51. The zero-order chi connectivity index (χ0) is 18.1. The second kappa shape index (κ2) is 6.52. The lowest BCUT2D eigenvalue weighted by molar-refractivity contribution is -0.137. The van der Waals surface area contributed by atoms with E-state index in [2.05, 4.69) is 0 Å². The normalized spacial score (nSPS) is 11.3. The number of alkyl halides is 3. The maximum absolute atomic E-state index is 13.1. The van der Waals surface area contributed by atoms with Crippen molar-refractivity contribution >= 4 is 23.7 Å². The van der Waals surface area contributed by atoms with Crippen LogP contribution < -0.4 is 0 Å². The maximum atomic E-state index is 13.1. The number of rotatable bonds is 4. The third-order valence-electron chi connectivity index (χ3n) is 2.93. The van der Waals surface area contributed by atoms with E-state index >= 15 is 0 Å². The maximum Gasteiger partial charge on any atom is 0.416 e. The minimum Gasteiger partial charge on any atom is -0.478 e. The number of hydrogen-bond donors (Lipinski definition) is 2. The van der Waals surface area contributed by atoms with Crippen LogP contribution in [0.5, 0.6) is 0 Å². The minimum atomic E-state index is -4.71. The van der Waals surface area contributed by atoms with Crippen LogP contribution in [-0.4, -0.2) is 22.2 Å². The second-order valence-electron chi connectivity index (χ2n) is 4.56. The summed E-state index contributed by atoms with van der Waals surface area (Å²) < 4.78 is 51.2. The summed E-state index contributed by atoms with van der Waals surface area (Å²) in [7, 11) is 0. The fourth-order valence-corrected chi connectivity index (χ4v) is 2.86. The second-order valence-corrected chi connectivity index (χ2v) is 5.65. The summed E-state index contributed by atoms with van der Waals surface area (Å²) in [5, 5.41) is 18.2. The Bertz CT molecular complexity index is 818. The molecule has 0 saturated carbocycles. The third-order valence-corrected chi connectivity index (χ3v) is 4.08. The van der Waals surface area contributed by atoms with Gasteiger partial charge in [-0.05, 0) is 36.4 Å². The zero-order valence-corrected chi connectivity index (χ0v) is 12.4. The van der Waals surface area contributed by atoms with Crippen molar-refractivity contribution in [3.63, 3.8) is 0 Å². The molecule has 0 bridgehead atoms. The van der Waals surface area contributed by atoms with Crippen LogP contribution >= 0.6 is 11.8 Å².